The summed E-state index contributed by atoms with van der Waals surface area (Å²) < 4.78 is 8.18. The predicted octanol–water partition coefficient (Wildman–Crippen LogP) is 2.03. The van der Waals surface area contributed by atoms with Crippen LogP contribution in [0.25, 0.3) is 0 Å². The third-order valence-electron chi connectivity index (χ3n) is 3.22. The van der Waals surface area contributed by atoms with Gasteiger partial charge in [0, 0.05) is 31.4 Å². The van der Waals surface area contributed by atoms with E-state index in [1.165, 1.54) is 35.7 Å². The lowest BCUT2D eigenvalue weighted by molar-refractivity contribution is 0.0276. The molecule has 0 bridgehead atoms. The molecule has 2 aliphatic rings. The number of aromatic nitrogens is 1. The van der Waals surface area contributed by atoms with Gasteiger partial charge in [-0.3, -0.25) is 0 Å². The standard InChI is InChI=1S/C12H18N2OS/c1-2-6-16-12-7-10(9-14(12)4-1)11-8-13-3-5-15-11/h7,9,11,13H,1-6,8H2. The zero-order valence-corrected chi connectivity index (χ0v) is 10.3. The lowest BCUT2D eigenvalue weighted by Crippen LogP contribution is -2.33. The van der Waals surface area contributed by atoms with Gasteiger partial charge in [-0.25, -0.2) is 0 Å². The van der Waals surface area contributed by atoms with Crippen LogP contribution in [0.4, 0.5) is 0 Å². The molecule has 4 heteroatoms. The van der Waals surface area contributed by atoms with Crippen LogP contribution in [0.2, 0.25) is 0 Å². The van der Waals surface area contributed by atoms with Crippen molar-refractivity contribution in [1.29, 1.82) is 0 Å². The monoisotopic (exact) mass is 238 g/mol. The van der Waals surface area contributed by atoms with Gasteiger partial charge in [-0.15, -0.1) is 11.8 Å². The predicted molar refractivity (Wildman–Crippen MR) is 66.0 cm³/mol. The highest BCUT2D eigenvalue weighted by Crippen LogP contribution is 2.30. The van der Waals surface area contributed by atoms with Gasteiger partial charge in [0.1, 0.15) is 0 Å². The van der Waals surface area contributed by atoms with Crippen molar-refractivity contribution in [3.8, 4) is 0 Å². The van der Waals surface area contributed by atoms with Crippen molar-refractivity contribution in [3.63, 3.8) is 0 Å². The summed E-state index contributed by atoms with van der Waals surface area (Å²) in [6.45, 7) is 3.94. The minimum atomic E-state index is 0.258. The topological polar surface area (TPSA) is 26.2 Å². The van der Waals surface area contributed by atoms with Crippen LogP contribution in [0, 0.1) is 0 Å². The Morgan fingerprint density at radius 2 is 2.44 bits per heavy atom. The molecule has 1 N–H and O–H groups in total. The van der Waals surface area contributed by atoms with Crippen LogP contribution in [0.15, 0.2) is 17.3 Å². The molecule has 0 saturated carbocycles. The van der Waals surface area contributed by atoms with E-state index in [1.54, 1.807) is 0 Å². The Bertz CT molecular complexity index is 334. The molecule has 0 aliphatic carbocycles. The van der Waals surface area contributed by atoms with Crippen molar-refractivity contribution >= 4 is 11.8 Å². The highest BCUT2D eigenvalue weighted by Gasteiger charge is 2.19. The third kappa shape index (κ3) is 2.14. The second-order valence-corrected chi connectivity index (χ2v) is 5.54. The molecule has 0 radical (unpaired) electrons. The van der Waals surface area contributed by atoms with Gasteiger partial charge in [0.2, 0.25) is 0 Å². The van der Waals surface area contributed by atoms with E-state index in [4.69, 9.17) is 4.74 Å². The molecule has 16 heavy (non-hydrogen) atoms. The van der Waals surface area contributed by atoms with Gasteiger partial charge in [0.15, 0.2) is 0 Å². The Morgan fingerprint density at radius 3 is 3.31 bits per heavy atom. The Balaban J connectivity index is 1.80. The maximum atomic E-state index is 5.79. The van der Waals surface area contributed by atoms with E-state index in [1.807, 2.05) is 11.8 Å². The summed E-state index contributed by atoms with van der Waals surface area (Å²) in [6, 6.07) is 2.31. The number of fused-ring (bicyclic) bond motifs is 1. The van der Waals surface area contributed by atoms with E-state index in [0.717, 1.165) is 19.7 Å². The Kier molecular flexibility index (Phi) is 3.22. The van der Waals surface area contributed by atoms with E-state index in [-0.39, 0.29) is 6.10 Å². The quantitative estimate of drug-likeness (QED) is 0.811. The number of ether oxygens (including phenoxy) is 1. The molecule has 1 aromatic rings. The minimum absolute atomic E-state index is 0.258. The molecule has 2 aliphatic heterocycles. The van der Waals surface area contributed by atoms with Crippen LogP contribution < -0.4 is 5.32 Å². The molecule has 1 atom stereocenters. The molecular formula is C12H18N2OS. The van der Waals surface area contributed by atoms with Crippen LogP contribution in [0.5, 0.6) is 0 Å². The van der Waals surface area contributed by atoms with E-state index >= 15 is 0 Å². The summed E-state index contributed by atoms with van der Waals surface area (Å²) in [5.74, 6) is 1.26. The summed E-state index contributed by atoms with van der Waals surface area (Å²) >= 11 is 1.98. The summed E-state index contributed by atoms with van der Waals surface area (Å²) in [5, 5.41) is 4.80. The molecule has 1 saturated heterocycles. The van der Waals surface area contributed by atoms with Crippen molar-refractivity contribution in [1.82, 2.24) is 9.88 Å². The van der Waals surface area contributed by atoms with Crippen LogP contribution >= 0.6 is 11.8 Å². The highest BCUT2D eigenvalue weighted by atomic mass is 32.2. The second kappa shape index (κ2) is 4.82. The first kappa shape index (κ1) is 10.7. The van der Waals surface area contributed by atoms with Gasteiger partial charge >= 0.3 is 0 Å². The van der Waals surface area contributed by atoms with Crippen LogP contribution in [0.3, 0.4) is 0 Å². The van der Waals surface area contributed by atoms with E-state index in [9.17, 15) is 0 Å². The SMILES string of the molecule is c1c(C2CNCCO2)cn2c1SCCCC2. The highest BCUT2D eigenvalue weighted by molar-refractivity contribution is 7.99. The van der Waals surface area contributed by atoms with E-state index in [2.05, 4.69) is 22.1 Å². The Morgan fingerprint density at radius 1 is 1.44 bits per heavy atom. The summed E-state index contributed by atoms with van der Waals surface area (Å²) in [7, 11) is 0. The first-order valence-corrected chi connectivity index (χ1v) is 7.07. The van der Waals surface area contributed by atoms with Gasteiger partial charge in [0.25, 0.3) is 0 Å². The molecule has 3 rings (SSSR count). The lowest BCUT2D eigenvalue weighted by atomic mass is 10.2. The van der Waals surface area contributed by atoms with Crippen LogP contribution in [0.1, 0.15) is 24.5 Å². The molecule has 0 aromatic carbocycles. The number of nitrogens with zero attached hydrogens (tertiary/aromatic N) is 1. The molecule has 1 aromatic heterocycles. The molecule has 1 unspecified atom stereocenters. The molecule has 3 heterocycles. The zero-order valence-electron chi connectivity index (χ0n) is 9.45. The molecule has 3 nitrogen and oxygen atoms in total. The summed E-state index contributed by atoms with van der Waals surface area (Å²) in [4.78, 5) is 0. The molecular weight excluding hydrogens is 220 g/mol. The van der Waals surface area contributed by atoms with E-state index < -0.39 is 0 Å². The first-order valence-electron chi connectivity index (χ1n) is 6.09. The van der Waals surface area contributed by atoms with Gasteiger partial charge in [-0.05, 0) is 24.7 Å². The number of hydrogen-bond donors (Lipinski definition) is 1. The minimum Gasteiger partial charge on any atom is -0.371 e. The van der Waals surface area contributed by atoms with Crippen molar-refractivity contribution in [3.05, 3.63) is 17.8 Å². The molecule has 0 amide bonds. The van der Waals surface area contributed by atoms with Gasteiger partial charge in [-0.2, -0.15) is 0 Å². The average molecular weight is 238 g/mol. The van der Waals surface area contributed by atoms with Gasteiger partial charge < -0.3 is 14.6 Å². The average Bonchev–Trinajstić information content (AvgIpc) is 2.62. The fourth-order valence-corrected chi connectivity index (χ4v) is 3.41. The third-order valence-corrected chi connectivity index (χ3v) is 4.36. The van der Waals surface area contributed by atoms with Crippen molar-refractivity contribution in [2.75, 3.05) is 25.4 Å². The van der Waals surface area contributed by atoms with E-state index in [0.29, 0.717) is 0 Å². The number of rotatable bonds is 1. The Hall–Kier alpha value is -0.450. The maximum Gasteiger partial charge on any atom is 0.0964 e. The zero-order chi connectivity index (χ0) is 10.8. The Labute approximate surface area is 101 Å². The first-order chi connectivity index (χ1) is 7.93. The smallest absolute Gasteiger partial charge is 0.0964 e. The van der Waals surface area contributed by atoms with Crippen molar-refractivity contribution in [2.45, 2.75) is 30.5 Å². The molecule has 88 valence electrons. The molecule has 0 spiro atoms. The largest absolute Gasteiger partial charge is 0.371 e. The lowest BCUT2D eigenvalue weighted by Gasteiger charge is -2.22. The maximum absolute atomic E-state index is 5.79. The van der Waals surface area contributed by atoms with Crippen LogP contribution in [-0.4, -0.2) is 30.0 Å². The van der Waals surface area contributed by atoms with Gasteiger partial charge in [0.05, 0.1) is 17.7 Å². The fraction of sp³-hybridized carbons (Fsp3) is 0.667. The summed E-state index contributed by atoms with van der Waals surface area (Å²) in [5.41, 5.74) is 1.34. The van der Waals surface area contributed by atoms with Crippen LogP contribution in [-0.2, 0) is 11.3 Å². The normalized spacial score (nSPS) is 26.1. The van der Waals surface area contributed by atoms with Crippen molar-refractivity contribution < 1.29 is 4.74 Å². The van der Waals surface area contributed by atoms with Crippen molar-refractivity contribution in [2.24, 2.45) is 0 Å². The fourth-order valence-electron chi connectivity index (χ4n) is 2.32. The number of nitrogens with one attached hydrogen (secondary N) is 1. The number of morpholine rings is 1. The van der Waals surface area contributed by atoms with Gasteiger partial charge in [-0.1, -0.05) is 0 Å². The summed E-state index contributed by atoms with van der Waals surface area (Å²) in [6.07, 6.45) is 5.18. The number of hydrogen-bond acceptors (Lipinski definition) is 3. The molecule has 1 fully saturated rings. The number of aryl methyl sites for hydroxylation is 1. The second-order valence-electron chi connectivity index (χ2n) is 4.42. The number of thioether (sulfide) groups is 1.